The third kappa shape index (κ3) is 3.27. The summed E-state index contributed by atoms with van der Waals surface area (Å²) >= 11 is 6.87. The van der Waals surface area contributed by atoms with E-state index < -0.39 is 17.5 Å². The van der Waals surface area contributed by atoms with Crippen LogP contribution in [0.25, 0.3) is 0 Å². The number of benzene rings is 3. The lowest BCUT2D eigenvalue weighted by atomic mass is 9.74. The molecule has 6 nitrogen and oxygen atoms in total. The summed E-state index contributed by atoms with van der Waals surface area (Å²) in [6.07, 6.45) is 0. The predicted molar refractivity (Wildman–Crippen MR) is 129 cm³/mol. The molecule has 0 unspecified atom stereocenters. The maximum Gasteiger partial charge on any atom is 0.340 e. The fourth-order valence-electron chi connectivity index (χ4n) is 4.50. The van der Waals surface area contributed by atoms with Crippen molar-refractivity contribution in [3.05, 3.63) is 89.3 Å². The van der Waals surface area contributed by atoms with Crippen LogP contribution in [0.5, 0.6) is 11.5 Å². The van der Waals surface area contributed by atoms with Gasteiger partial charge in [-0.2, -0.15) is 0 Å². The van der Waals surface area contributed by atoms with Crippen LogP contribution < -0.4 is 0 Å². The van der Waals surface area contributed by atoms with Crippen LogP contribution in [-0.2, 0) is 10.3 Å². The second-order valence-electron chi connectivity index (χ2n) is 8.14. The van der Waals surface area contributed by atoms with Gasteiger partial charge in [-0.1, -0.05) is 31.9 Å². The fraction of sp³-hybridized carbons (Fsp3) is 0.200. The first-order valence-corrected chi connectivity index (χ1v) is 11.6. The van der Waals surface area contributed by atoms with E-state index in [4.69, 9.17) is 4.74 Å². The molecule has 33 heavy (non-hydrogen) atoms. The molecule has 170 valence electrons. The SMILES string of the molecule is Cc1c(Br)cc(O)c(C2(c3c(O)cc(Br)c(C)c3C)OC(=O)c3ccc(C(=O)O)cc32)c1C. The van der Waals surface area contributed by atoms with Crippen LogP contribution in [0, 0.1) is 27.7 Å². The number of ether oxygens (including phenoxy) is 1. The molecule has 3 aromatic carbocycles. The van der Waals surface area contributed by atoms with Crippen LogP contribution in [0.4, 0.5) is 0 Å². The van der Waals surface area contributed by atoms with Gasteiger partial charge in [0.15, 0.2) is 5.60 Å². The van der Waals surface area contributed by atoms with Gasteiger partial charge in [-0.15, -0.1) is 0 Å². The van der Waals surface area contributed by atoms with E-state index in [1.54, 1.807) is 13.8 Å². The van der Waals surface area contributed by atoms with Crippen LogP contribution in [0.2, 0.25) is 0 Å². The average Bonchev–Trinajstić information content (AvgIpc) is 3.02. The number of carbonyl (C=O) groups excluding carboxylic acids is 1. The lowest BCUT2D eigenvalue weighted by molar-refractivity contribution is 0.0235. The number of aromatic hydroxyl groups is 2. The van der Waals surface area contributed by atoms with Gasteiger partial charge in [0.2, 0.25) is 0 Å². The van der Waals surface area contributed by atoms with E-state index in [0.717, 1.165) is 11.1 Å². The number of carboxylic acids is 1. The van der Waals surface area contributed by atoms with Crippen molar-refractivity contribution in [2.75, 3.05) is 0 Å². The zero-order chi connectivity index (χ0) is 24.4. The summed E-state index contributed by atoms with van der Waals surface area (Å²) in [7, 11) is 0. The van der Waals surface area contributed by atoms with Crippen molar-refractivity contribution >= 4 is 43.8 Å². The Hall–Kier alpha value is -2.84. The van der Waals surface area contributed by atoms with Gasteiger partial charge in [0, 0.05) is 25.6 Å². The summed E-state index contributed by atoms with van der Waals surface area (Å²) in [6, 6.07) is 7.11. The molecule has 3 N–H and O–H groups in total. The summed E-state index contributed by atoms with van der Waals surface area (Å²) in [6.45, 7) is 7.26. The van der Waals surface area contributed by atoms with Crippen molar-refractivity contribution in [1.82, 2.24) is 0 Å². The van der Waals surface area contributed by atoms with Gasteiger partial charge >= 0.3 is 11.9 Å². The molecular weight excluding hydrogens is 556 g/mol. The Morgan fingerprint density at radius 1 is 0.848 bits per heavy atom. The number of fused-ring (bicyclic) bond motifs is 1. The predicted octanol–water partition coefficient (Wildman–Crippen LogP) is 6.02. The van der Waals surface area contributed by atoms with Crippen molar-refractivity contribution < 1.29 is 29.6 Å². The molecule has 0 saturated heterocycles. The minimum Gasteiger partial charge on any atom is -0.507 e. The van der Waals surface area contributed by atoms with Crippen molar-refractivity contribution in [2.24, 2.45) is 0 Å². The molecule has 8 heteroatoms. The standard InChI is InChI=1S/C25H20Br2O6/c1-10-12(3)21(19(28)8-17(10)26)25(22-13(4)11(2)18(27)9-20(22)29)16-7-14(23(30)31)5-6-15(16)24(32)33-25/h5-9,28-29H,1-4H3,(H,30,31). The first-order chi connectivity index (χ1) is 15.4. The molecule has 0 saturated carbocycles. The monoisotopic (exact) mass is 574 g/mol. The zero-order valence-corrected chi connectivity index (χ0v) is 21.4. The Balaban J connectivity index is 2.27. The van der Waals surface area contributed by atoms with Crippen molar-refractivity contribution in [2.45, 2.75) is 33.3 Å². The maximum atomic E-state index is 13.1. The fourth-order valence-corrected chi connectivity index (χ4v) is 5.53. The second kappa shape index (κ2) is 7.88. The van der Waals surface area contributed by atoms with Crippen LogP contribution in [0.1, 0.15) is 59.7 Å². The lowest BCUT2D eigenvalue weighted by Crippen LogP contribution is -2.32. The molecule has 0 atom stereocenters. The van der Waals surface area contributed by atoms with Crippen molar-refractivity contribution in [3.8, 4) is 11.5 Å². The highest BCUT2D eigenvalue weighted by Crippen LogP contribution is 2.55. The Morgan fingerprint density at radius 2 is 1.33 bits per heavy atom. The molecule has 3 aromatic rings. The van der Waals surface area contributed by atoms with E-state index in [0.29, 0.717) is 20.1 Å². The quantitative estimate of drug-likeness (QED) is 0.330. The first kappa shape index (κ1) is 23.3. The number of hydrogen-bond donors (Lipinski definition) is 3. The number of rotatable bonds is 3. The number of cyclic esters (lactones) is 1. The third-order valence-corrected chi connectivity index (χ3v) is 8.09. The second-order valence-corrected chi connectivity index (χ2v) is 9.85. The average molecular weight is 576 g/mol. The summed E-state index contributed by atoms with van der Waals surface area (Å²) in [5.41, 5.74) is 1.97. The summed E-state index contributed by atoms with van der Waals surface area (Å²) in [4.78, 5) is 24.9. The van der Waals surface area contributed by atoms with E-state index in [2.05, 4.69) is 31.9 Å². The number of phenolic OH excluding ortho intramolecular Hbond substituents is 2. The first-order valence-electron chi connectivity index (χ1n) is 10.0. The van der Waals surface area contributed by atoms with Gasteiger partial charge in [-0.25, -0.2) is 9.59 Å². The Kier molecular flexibility index (Phi) is 5.57. The maximum absolute atomic E-state index is 13.1. The highest BCUT2D eigenvalue weighted by Gasteiger charge is 2.53. The van der Waals surface area contributed by atoms with Gasteiger partial charge in [0.1, 0.15) is 11.5 Å². The van der Waals surface area contributed by atoms with E-state index in [9.17, 15) is 24.9 Å². The molecule has 1 heterocycles. The van der Waals surface area contributed by atoms with E-state index in [1.165, 1.54) is 30.3 Å². The Morgan fingerprint density at radius 3 is 1.79 bits per heavy atom. The number of aromatic carboxylic acids is 1. The number of phenols is 2. The largest absolute Gasteiger partial charge is 0.507 e. The summed E-state index contributed by atoms with van der Waals surface area (Å²) in [5, 5.41) is 31.9. The molecule has 1 aliphatic heterocycles. The number of carboxylic acid groups (broad SMARTS) is 1. The molecule has 0 amide bonds. The molecule has 0 aromatic heterocycles. The van der Waals surface area contributed by atoms with Crippen molar-refractivity contribution in [1.29, 1.82) is 0 Å². The summed E-state index contributed by atoms with van der Waals surface area (Å²) in [5.74, 6) is -2.18. The number of hydrogen-bond acceptors (Lipinski definition) is 5. The Labute approximate surface area is 207 Å². The number of esters is 1. The molecule has 0 bridgehead atoms. The minimum atomic E-state index is -1.77. The molecule has 0 radical (unpaired) electrons. The summed E-state index contributed by atoms with van der Waals surface area (Å²) < 4.78 is 7.38. The lowest BCUT2D eigenvalue weighted by Gasteiger charge is -2.35. The van der Waals surface area contributed by atoms with Gasteiger partial charge in [-0.3, -0.25) is 0 Å². The smallest absolute Gasteiger partial charge is 0.340 e. The normalized spacial score (nSPS) is 14.2. The topological polar surface area (TPSA) is 104 Å². The Bertz CT molecular complexity index is 1310. The number of halogens is 2. The van der Waals surface area contributed by atoms with E-state index >= 15 is 0 Å². The van der Waals surface area contributed by atoms with Crippen molar-refractivity contribution in [3.63, 3.8) is 0 Å². The molecular formula is C25H20Br2O6. The van der Waals surface area contributed by atoms with Crippen LogP contribution in [-0.4, -0.2) is 27.3 Å². The number of carbonyl (C=O) groups is 2. The molecule has 0 aliphatic carbocycles. The molecule has 0 spiro atoms. The highest BCUT2D eigenvalue weighted by atomic mass is 79.9. The van der Waals surface area contributed by atoms with Crippen LogP contribution in [0.3, 0.4) is 0 Å². The van der Waals surface area contributed by atoms with Gasteiger partial charge in [0.05, 0.1) is 11.1 Å². The van der Waals surface area contributed by atoms with Gasteiger partial charge in [-0.05, 0) is 80.3 Å². The van der Waals surface area contributed by atoms with E-state index in [1.807, 2.05) is 13.8 Å². The van der Waals surface area contributed by atoms with E-state index in [-0.39, 0.29) is 39.3 Å². The molecule has 1 aliphatic rings. The highest BCUT2D eigenvalue weighted by molar-refractivity contribution is 9.10. The van der Waals surface area contributed by atoms with Gasteiger partial charge < -0.3 is 20.1 Å². The third-order valence-electron chi connectivity index (χ3n) is 6.45. The zero-order valence-electron chi connectivity index (χ0n) is 18.2. The molecule has 0 fully saturated rings. The molecule has 4 rings (SSSR count). The van der Waals surface area contributed by atoms with Crippen LogP contribution in [0.15, 0.2) is 39.3 Å². The van der Waals surface area contributed by atoms with Crippen LogP contribution >= 0.6 is 31.9 Å². The minimum absolute atomic E-state index is 0.0478. The van der Waals surface area contributed by atoms with Gasteiger partial charge in [0.25, 0.3) is 0 Å².